The molecular formula is C5H5N2OS2. The number of nitrogens with zero attached hydrogens (tertiary/aromatic N) is 2. The lowest BCUT2D eigenvalue weighted by Crippen LogP contribution is -1.89. The van der Waals surface area contributed by atoms with Gasteiger partial charge in [-0.05, 0) is 6.92 Å². The lowest BCUT2D eigenvalue weighted by atomic mass is 10.5. The highest BCUT2D eigenvalue weighted by molar-refractivity contribution is 7.81. The predicted molar refractivity (Wildman–Crippen MR) is 42.1 cm³/mol. The molecule has 1 aromatic heterocycles. The summed E-state index contributed by atoms with van der Waals surface area (Å²) in [6, 6.07) is 0. The van der Waals surface area contributed by atoms with Gasteiger partial charge in [0.05, 0.1) is 0 Å². The van der Waals surface area contributed by atoms with Gasteiger partial charge in [-0.25, -0.2) is 0 Å². The quantitative estimate of drug-likeness (QED) is 0.676. The van der Waals surface area contributed by atoms with Crippen LogP contribution in [0.3, 0.4) is 0 Å². The van der Waals surface area contributed by atoms with Gasteiger partial charge in [0, 0.05) is 0 Å². The summed E-state index contributed by atoms with van der Waals surface area (Å²) in [4.78, 5) is 10.1. The molecule has 1 unspecified atom stereocenters. The van der Waals surface area contributed by atoms with E-state index in [-0.39, 0.29) is 0 Å². The van der Waals surface area contributed by atoms with Gasteiger partial charge in [0.25, 0.3) is 0 Å². The van der Waals surface area contributed by atoms with E-state index in [0.29, 0.717) is 5.01 Å². The highest BCUT2D eigenvalue weighted by Gasteiger charge is 2.09. The zero-order valence-electron chi connectivity index (χ0n) is 5.24. The van der Waals surface area contributed by atoms with E-state index in [9.17, 15) is 4.79 Å². The number of carbonyl (C=O) groups excluding carboxylic acids is 1. The van der Waals surface area contributed by atoms with Crippen LogP contribution in [0.1, 0.15) is 15.3 Å². The van der Waals surface area contributed by atoms with E-state index in [1.807, 2.05) is 6.92 Å². The van der Waals surface area contributed by atoms with Gasteiger partial charge in [-0.2, -0.15) is 12.6 Å². The van der Waals surface area contributed by atoms with E-state index in [0.717, 1.165) is 5.01 Å². The summed E-state index contributed by atoms with van der Waals surface area (Å²) in [5.74, 6) is 0. The maximum Gasteiger partial charge on any atom is 0.219 e. The van der Waals surface area contributed by atoms with E-state index in [1.165, 1.54) is 11.3 Å². The van der Waals surface area contributed by atoms with Gasteiger partial charge in [-0.1, -0.05) is 0 Å². The maximum absolute atomic E-state index is 10.1. The van der Waals surface area contributed by atoms with Crippen molar-refractivity contribution in [3.8, 4) is 0 Å². The van der Waals surface area contributed by atoms with Gasteiger partial charge < -0.3 is 0 Å². The number of rotatable bonds is 2. The normalized spacial score (nSPS) is 13.0. The molecule has 5 heteroatoms. The standard InChI is InChI=1S/C5H5N2OS2/c1-3-6-7-5(10-3)4(9)2-8/h4,9H,1H3. The Morgan fingerprint density at radius 1 is 1.70 bits per heavy atom. The van der Waals surface area contributed by atoms with Gasteiger partial charge in [0.1, 0.15) is 15.3 Å². The van der Waals surface area contributed by atoms with Crippen molar-refractivity contribution < 1.29 is 4.79 Å². The maximum atomic E-state index is 10.1. The summed E-state index contributed by atoms with van der Waals surface area (Å²) in [6.07, 6.45) is 1.72. The molecule has 0 aliphatic rings. The molecule has 1 rings (SSSR count). The van der Waals surface area contributed by atoms with Crippen LogP contribution >= 0.6 is 24.0 Å². The second-order valence-corrected chi connectivity index (χ2v) is 3.41. The van der Waals surface area contributed by atoms with E-state index >= 15 is 0 Å². The van der Waals surface area contributed by atoms with Crippen molar-refractivity contribution in [3.05, 3.63) is 10.0 Å². The molecule has 0 aromatic carbocycles. The number of thiol groups is 1. The first kappa shape index (κ1) is 7.68. The molecule has 1 radical (unpaired) electrons. The minimum atomic E-state index is -0.536. The molecule has 0 bridgehead atoms. The smallest absolute Gasteiger partial charge is 0.219 e. The van der Waals surface area contributed by atoms with Crippen molar-refractivity contribution in [1.82, 2.24) is 10.2 Å². The lowest BCUT2D eigenvalue weighted by molar-refractivity contribution is 0.554. The Bertz CT molecular complexity index is 235. The molecule has 0 aliphatic carbocycles. The monoisotopic (exact) mass is 173 g/mol. The topological polar surface area (TPSA) is 42.9 Å². The molecule has 0 saturated carbocycles. The zero-order chi connectivity index (χ0) is 7.56. The Balaban J connectivity index is 2.84. The molecule has 0 fully saturated rings. The van der Waals surface area contributed by atoms with Gasteiger partial charge in [0.2, 0.25) is 6.29 Å². The summed E-state index contributed by atoms with van der Waals surface area (Å²) in [5.41, 5.74) is 0. The third-order valence-electron chi connectivity index (χ3n) is 0.887. The second-order valence-electron chi connectivity index (χ2n) is 1.68. The third-order valence-corrected chi connectivity index (χ3v) is 2.32. The van der Waals surface area contributed by atoms with Gasteiger partial charge >= 0.3 is 0 Å². The van der Waals surface area contributed by atoms with Gasteiger partial charge in [-0.3, -0.25) is 4.79 Å². The third kappa shape index (κ3) is 1.54. The second kappa shape index (κ2) is 3.12. The first-order valence-electron chi connectivity index (χ1n) is 2.60. The van der Waals surface area contributed by atoms with E-state index < -0.39 is 5.25 Å². The SMILES string of the molecule is Cc1nnc(C(S)[C]=O)s1. The Morgan fingerprint density at radius 2 is 2.40 bits per heavy atom. The summed E-state index contributed by atoms with van der Waals surface area (Å²) in [6.45, 7) is 1.83. The van der Waals surface area contributed by atoms with Crippen LogP contribution < -0.4 is 0 Å². The largest absolute Gasteiger partial charge is 0.289 e. The molecule has 0 aliphatic heterocycles. The molecule has 3 nitrogen and oxygen atoms in total. The summed E-state index contributed by atoms with van der Waals surface area (Å²) < 4.78 is 0. The van der Waals surface area contributed by atoms with E-state index in [1.54, 1.807) is 6.29 Å². The van der Waals surface area contributed by atoms with Crippen molar-refractivity contribution in [2.24, 2.45) is 0 Å². The molecule has 0 saturated heterocycles. The van der Waals surface area contributed by atoms with Crippen LogP contribution in [0.2, 0.25) is 0 Å². The van der Waals surface area contributed by atoms with Crippen molar-refractivity contribution in [3.63, 3.8) is 0 Å². The zero-order valence-corrected chi connectivity index (χ0v) is 6.95. The first-order chi connectivity index (χ1) is 4.74. The molecule has 53 valence electrons. The number of aryl methyl sites for hydroxylation is 1. The fraction of sp³-hybridized carbons (Fsp3) is 0.400. The minimum Gasteiger partial charge on any atom is -0.289 e. The molecule has 0 N–H and O–H groups in total. The average Bonchev–Trinajstić information content (AvgIpc) is 2.34. The number of aromatic nitrogens is 2. The number of hydrogen-bond acceptors (Lipinski definition) is 5. The molecular weight excluding hydrogens is 168 g/mol. The Hall–Kier alpha value is -0.420. The van der Waals surface area contributed by atoms with E-state index in [2.05, 4.69) is 22.8 Å². The number of hydrogen-bond donors (Lipinski definition) is 1. The summed E-state index contributed by atoms with van der Waals surface area (Å²) in [7, 11) is 0. The fourth-order valence-corrected chi connectivity index (χ4v) is 1.31. The van der Waals surface area contributed by atoms with Crippen molar-refractivity contribution in [2.75, 3.05) is 0 Å². The molecule has 10 heavy (non-hydrogen) atoms. The molecule has 1 aromatic rings. The first-order valence-corrected chi connectivity index (χ1v) is 3.93. The summed E-state index contributed by atoms with van der Waals surface area (Å²) >= 11 is 5.28. The Kier molecular flexibility index (Phi) is 2.39. The van der Waals surface area contributed by atoms with Crippen LogP contribution in [0.25, 0.3) is 0 Å². The average molecular weight is 173 g/mol. The molecule has 0 amide bonds. The molecule has 1 atom stereocenters. The minimum absolute atomic E-state index is 0.536. The van der Waals surface area contributed by atoms with Gasteiger partial charge in [0.15, 0.2) is 0 Å². The van der Waals surface area contributed by atoms with Crippen molar-refractivity contribution in [2.45, 2.75) is 12.2 Å². The van der Waals surface area contributed by atoms with Crippen molar-refractivity contribution in [1.29, 1.82) is 0 Å². The highest BCUT2D eigenvalue weighted by Crippen LogP contribution is 2.20. The van der Waals surface area contributed by atoms with Crippen LogP contribution in [0.5, 0.6) is 0 Å². The molecule has 0 spiro atoms. The lowest BCUT2D eigenvalue weighted by Gasteiger charge is -1.89. The van der Waals surface area contributed by atoms with Crippen LogP contribution in [-0.4, -0.2) is 16.5 Å². The van der Waals surface area contributed by atoms with Crippen LogP contribution in [0.4, 0.5) is 0 Å². The Labute approximate surface area is 67.9 Å². The van der Waals surface area contributed by atoms with Crippen LogP contribution in [-0.2, 0) is 4.79 Å². The highest BCUT2D eigenvalue weighted by atomic mass is 32.1. The van der Waals surface area contributed by atoms with Crippen LogP contribution in [0.15, 0.2) is 0 Å². The van der Waals surface area contributed by atoms with Crippen molar-refractivity contribution >= 4 is 30.3 Å². The summed E-state index contributed by atoms with van der Waals surface area (Å²) in [5, 5.41) is 8.35. The van der Waals surface area contributed by atoms with E-state index in [4.69, 9.17) is 0 Å². The predicted octanol–water partition coefficient (Wildman–Crippen LogP) is 0.927. The van der Waals surface area contributed by atoms with Gasteiger partial charge in [-0.15, -0.1) is 21.5 Å². The Morgan fingerprint density at radius 3 is 2.80 bits per heavy atom. The fourth-order valence-electron chi connectivity index (χ4n) is 0.473. The molecule has 1 heterocycles. The van der Waals surface area contributed by atoms with Crippen LogP contribution in [0, 0.1) is 6.92 Å².